The summed E-state index contributed by atoms with van der Waals surface area (Å²) in [7, 11) is 1.88. The summed E-state index contributed by atoms with van der Waals surface area (Å²) in [5.41, 5.74) is 2.71. The van der Waals surface area contributed by atoms with Crippen molar-refractivity contribution in [2.75, 3.05) is 0 Å². The highest BCUT2D eigenvalue weighted by Gasteiger charge is 1.97. The van der Waals surface area contributed by atoms with E-state index in [0.717, 1.165) is 29.9 Å². The molecular formula is C14H13N5. The van der Waals surface area contributed by atoms with Crippen molar-refractivity contribution >= 4 is 5.65 Å². The molecule has 3 aromatic heterocycles. The standard InChI is InChI=1S/C14H13N5/c1-18-10-7-13(17-18)5-3-2-4-12-8-11-19-14(16-12)6-9-15-19/h6-11H,2,4H2,1H3. The Morgan fingerprint density at radius 2 is 2.16 bits per heavy atom. The molecule has 0 amide bonds. The van der Waals surface area contributed by atoms with Crippen LogP contribution in [0.4, 0.5) is 0 Å². The van der Waals surface area contributed by atoms with Crippen LogP contribution in [-0.4, -0.2) is 24.4 Å². The SMILES string of the molecule is Cn1ccc(C#CCCc2ccn3nccc3n2)n1. The van der Waals surface area contributed by atoms with Gasteiger partial charge in [-0.2, -0.15) is 10.2 Å². The fourth-order valence-electron chi connectivity index (χ4n) is 1.82. The summed E-state index contributed by atoms with van der Waals surface area (Å²) in [5, 5.41) is 8.32. The monoisotopic (exact) mass is 251 g/mol. The van der Waals surface area contributed by atoms with Crippen molar-refractivity contribution in [1.29, 1.82) is 0 Å². The lowest BCUT2D eigenvalue weighted by atomic mass is 10.2. The summed E-state index contributed by atoms with van der Waals surface area (Å²) in [6, 6.07) is 5.77. The fraction of sp³-hybridized carbons (Fsp3) is 0.214. The first-order valence-electron chi connectivity index (χ1n) is 6.09. The van der Waals surface area contributed by atoms with Crippen molar-refractivity contribution in [2.45, 2.75) is 12.8 Å². The van der Waals surface area contributed by atoms with Crippen LogP contribution in [0.5, 0.6) is 0 Å². The maximum atomic E-state index is 4.50. The van der Waals surface area contributed by atoms with E-state index in [1.807, 2.05) is 37.6 Å². The molecule has 3 rings (SSSR count). The molecule has 0 spiro atoms. The summed E-state index contributed by atoms with van der Waals surface area (Å²) in [5.74, 6) is 6.16. The molecular weight excluding hydrogens is 238 g/mol. The van der Waals surface area contributed by atoms with Crippen molar-refractivity contribution in [2.24, 2.45) is 7.05 Å². The van der Waals surface area contributed by atoms with Crippen LogP contribution < -0.4 is 0 Å². The van der Waals surface area contributed by atoms with Gasteiger partial charge in [0.1, 0.15) is 5.69 Å². The first kappa shape index (κ1) is 11.5. The number of fused-ring (bicyclic) bond motifs is 1. The van der Waals surface area contributed by atoms with Crippen LogP contribution in [0.15, 0.2) is 36.8 Å². The van der Waals surface area contributed by atoms with Gasteiger partial charge in [0.25, 0.3) is 0 Å². The van der Waals surface area contributed by atoms with Gasteiger partial charge < -0.3 is 0 Å². The van der Waals surface area contributed by atoms with Gasteiger partial charge in [-0.3, -0.25) is 4.68 Å². The Balaban J connectivity index is 1.64. The zero-order chi connectivity index (χ0) is 13.1. The van der Waals surface area contributed by atoms with Crippen molar-refractivity contribution in [3.8, 4) is 11.8 Å². The van der Waals surface area contributed by atoms with Crippen LogP contribution in [0.3, 0.4) is 0 Å². The topological polar surface area (TPSA) is 48.0 Å². The van der Waals surface area contributed by atoms with E-state index >= 15 is 0 Å². The Labute approximate surface area is 110 Å². The van der Waals surface area contributed by atoms with E-state index in [4.69, 9.17) is 0 Å². The van der Waals surface area contributed by atoms with Crippen LogP contribution in [0.25, 0.3) is 5.65 Å². The number of rotatable bonds is 2. The summed E-state index contributed by atoms with van der Waals surface area (Å²) in [6.45, 7) is 0. The van der Waals surface area contributed by atoms with Gasteiger partial charge in [0.05, 0.1) is 6.20 Å². The van der Waals surface area contributed by atoms with E-state index in [0.29, 0.717) is 0 Å². The molecule has 3 aromatic rings. The van der Waals surface area contributed by atoms with Crippen molar-refractivity contribution in [3.63, 3.8) is 0 Å². The van der Waals surface area contributed by atoms with Crippen LogP contribution in [0, 0.1) is 11.8 Å². The van der Waals surface area contributed by atoms with Gasteiger partial charge in [0.15, 0.2) is 5.65 Å². The molecule has 5 heteroatoms. The van der Waals surface area contributed by atoms with Gasteiger partial charge in [-0.15, -0.1) is 0 Å². The maximum Gasteiger partial charge on any atom is 0.155 e. The molecule has 19 heavy (non-hydrogen) atoms. The summed E-state index contributed by atoms with van der Waals surface area (Å²) in [6.07, 6.45) is 7.16. The average molecular weight is 251 g/mol. The molecule has 5 nitrogen and oxygen atoms in total. The van der Waals surface area contributed by atoms with E-state index in [2.05, 4.69) is 27.0 Å². The molecule has 0 saturated heterocycles. The Hall–Kier alpha value is -2.61. The minimum absolute atomic E-state index is 0.772. The highest BCUT2D eigenvalue weighted by Crippen LogP contribution is 2.03. The molecule has 0 saturated carbocycles. The average Bonchev–Trinajstić information content (AvgIpc) is 3.03. The lowest BCUT2D eigenvalue weighted by Crippen LogP contribution is -1.94. The Bertz CT molecular complexity index is 757. The molecule has 0 aliphatic heterocycles. The van der Waals surface area contributed by atoms with Gasteiger partial charge in [0.2, 0.25) is 0 Å². The van der Waals surface area contributed by atoms with Gasteiger partial charge in [-0.1, -0.05) is 5.92 Å². The number of nitrogens with zero attached hydrogens (tertiary/aromatic N) is 5. The lowest BCUT2D eigenvalue weighted by molar-refractivity contribution is 0.763. The molecule has 94 valence electrons. The minimum atomic E-state index is 0.772. The second kappa shape index (κ2) is 4.94. The maximum absolute atomic E-state index is 4.50. The zero-order valence-electron chi connectivity index (χ0n) is 10.6. The summed E-state index contributed by atoms with van der Waals surface area (Å²) < 4.78 is 3.50. The first-order chi connectivity index (χ1) is 9.31. The molecule has 0 radical (unpaired) electrons. The number of aryl methyl sites for hydroxylation is 2. The number of hydrogen-bond acceptors (Lipinski definition) is 3. The van der Waals surface area contributed by atoms with Gasteiger partial charge >= 0.3 is 0 Å². The second-order valence-electron chi connectivity index (χ2n) is 4.23. The van der Waals surface area contributed by atoms with Crippen molar-refractivity contribution in [1.82, 2.24) is 24.4 Å². The molecule has 0 fully saturated rings. The smallest absolute Gasteiger partial charge is 0.155 e. The molecule has 0 aliphatic carbocycles. The third-order valence-electron chi connectivity index (χ3n) is 2.75. The Kier molecular flexibility index (Phi) is 2.99. The number of hydrogen-bond donors (Lipinski definition) is 0. The predicted octanol–water partition coefficient (Wildman–Crippen LogP) is 1.45. The molecule has 0 N–H and O–H groups in total. The van der Waals surface area contributed by atoms with E-state index < -0.39 is 0 Å². The summed E-state index contributed by atoms with van der Waals surface area (Å²) in [4.78, 5) is 4.50. The fourth-order valence-corrected chi connectivity index (χ4v) is 1.82. The van der Waals surface area contributed by atoms with E-state index in [9.17, 15) is 0 Å². The third kappa shape index (κ3) is 2.63. The first-order valence-corrected chi connectivity index (χ1v) is 6.09. The highest BCUT2D eigenvalue weighted by atomic mass is 15.2. The quantitative estimate of drug-likeness (QED) is 0.648. The van der Waals surface area contributed by atoms with Gasteiger partial charge in [-0.05, 0) is 18.1 Å². The zero-order valence-corrected chi connectivity index (χ0v) is 10.6. The predicted molar refractivity (Wildman–Crippen MR) is 71.4 cm³/mol. The van der Waals surface area contributed by atoms with Crippen LogP contribution >= 0.6 is 0 Å². The van der Waals surface area contributed by atoms with Crippen molar-refractivity contribution in [3.05, 3.63) is 48.2 Å². The molecule has 0 bridgehead atoms. The largest absolute Gasteiger partial charge is 0.275 e. The third-order valence-corrected chi connectivity index (χ3v) is 2.75. The molecule has 0 aromatic carbocycles. The van der Waals surface area contributed by atoms with E-state index in [-0.39, 0.29) is 0 Å². The van der Waals surface area contributed by atoms with Crippen molar-refractivity contribution < 1.29 is 0 Å². The molecule has 0 aliphatic rings. The van der Waals surface area contributed by atoms with E-state index in [1.165, 1.54) is 0 Å². The Morgan fingerprint density at radius 1 is 1.21 bits per heavy atom. The minimum Gasteiger partial charge on any atom is -0.275 e. The van der Waals surface area contributed by atoms with E-state index in [1.54, 1.807) is 15.4 Å². The van der Waals surface area contributed by atoms with Crippen LogP contribution in [0.2, 0.25) is 0 Å². The molecule has 0 atom stereocenters. The summed E-state index contributed by atoms with van der Waals surface area (Å²) >= 11 is 0. The Morgan fingerprint density at radius 3 is 3.00 bits per heavy atom. The highest BCUT2D eigenvalue weighted by molar-refractivity contribution is 5.36. The van der Waals surface area contributed by atoms with Gasteiger partial charge in [-0.25, -0.2) is 9.50 Å². The second-order valence-corrected chi connectivity index (χ2v) is 4.23. The number of aromatic nitrogens is 5. The van der Waals surface area contributed by atoms with Gasteiger partial charge in [0, 0.05) is 44.0 Å². The molecule has 0 unspecified atom stereocenters. The van der Waals surface area contributed by atoms with Crippen LogP contribution in [0.1, 0.15) is 17.8 Å². The normalized spacial score (nSPS) is 10.4. The lowest BCUT2D eigenvalue weighted by Gasteiger charge is -1.97. The van der Waals surface area contributed by atoms with Crippen LogP contribution in [-0.2, 0) is 13.5 Å². The molecule has 3 heterocycles.